The Morgan fingerprint density at radius 1 is 0.522 bits per heavy atom. The van der Waals surface area contributed by atoms with Crippen LogP contribution in [-0.4, -0.2) is 73.4 Å². The van der Waals surface area contributed by atoms with Crippen LogP contribution < -0.4 is 5.32 Å². The molecule has 0 heterocycles. The molecule has 0 fully saturated rings. The van der Waals surface area contributed by atoms with Crippen LogP contribution in [0.3, 0.4) is 0 Å². The van der Waals surface area contributed by atoms with Crippen LogP contribution in [0.15, 0.2) is 85.1 Å². The third-order valence-corrected chi connectivity index (χ3v) is 12.8. The molecule has 0 saturated heterocycles. The van der Waals surface area contributed by atoms with Crippen molar-refractivity contribution in [3.05, 3.63) is 85.1 Å². The van der Waals surface area contributed by atoms with Gasteiger partial charge in [0.2, 0.25) is 5.91 Å². The van der Waals surface area contributed by atoms with Crippen molar-refractivity contribution >= 4 is 13.7 Å². The van der Waals surface area contributed by atoms with Crippen LogP contribution in [0.2, 0.25) is 0 Å². The van der Waals surface area contributed by atoms with E-state index in [0.29, 0.717) is 17.4 Å². The normalized spacial score (nSPS) is 14.7. The number of hydrogen-bond acceptors (Lipinski definition) is 5. The van der Waals surface area contributed by atoms with Gasteiger partial charge in [0.25, 0.3) is 0 Å². The third-order valence-electron chi connectivity index (χ3n) is 11.8. The Balaban J connectivity index is 4.33. The standard InChI is InChI=1S/C58H105N2O6P/c1-6-8-10-12-14-16-18-20-22-24-25-26-27-28-29-30-31-32-33-34-36-37-39-41-43-45-47-49-51-57(61)56(55-66-67(63,64)65-54-53-60(3,4)5)59-58(62)52-50-48-46-44-42-40-38-35-23-21-19-17-15-13-11-9-7-2/h9,11,15,17,21,23,34,36,38,40-41,43,49,51,56-57,61H,6-8,10,12-14,16,18-20,22,24-33,35,37,39,42,44-48,50,52-55H2,1-5H3,(H-,59,62,63,64)/p+1/b11-9-,17-15-,23-21-,36-34+,40-38-,43-41+,51-49+. The number of carbonyl (C=O) groups is 1. The number of aliphatic hydroxyl groups excluding tert-OH is 1. The molecular formula is C58H106N2O6P+. The van der Waals surface area contributed by atoms with E-state index in [0.717, 1.165) is 83.5 Å². The highest BCUT2D eigenvalue weighted by Crippen LogP contribution is 2.43. The van der Waals surface area contributed by atoms with E-state index < -0.39 is 20.0 Å². The van der Waals surface area contributed by atoms with Gasteiger partial charge in [-0.3, -0.25) is 13.8 Å². The smallest absolute Gasteiger partial charge is 0.387 e. The summed E-state index contributed by atoms with van der Waals surface area (Å²) in [5, 5.41) is 13.9. The average molecular weight is 958 g/mol. The number of nitrogens with one attached hydrogen (secondary N) is 1. The molecule has 3 atom stereocenters. The largest absolute Gasteiger partial charge is 0.472 e. The minimum absolute atomic E-state index is 0.0441. The molecule has 0 aliphatic carbocycles. The summed E-state index contributed by atoms with van der Waals surface area (Å²) >= 11 is 0. The predicted molar refractivity (Wildman–Crippen MR) is 290 cm³/mol. The lowest BCUT2D eigenvalue weighted by atomic mass is 10.0. The number of rotatable bonds is 49. The van der Waals surface area contributed by atoms with Gasteiger partial charge in [0, 0.05) is 6.42 Å². The van der Waals surface area contributed by atoms with E-state index in [1.54, 1.807) is 6.08 Å². The molecule has 0 aromatic carbocycles. The minimum Gasteiger partial charge on any atom is -0.387 e. The fourth-order valence-electron chi connectivity index (χ4n) is 7.54. The molecule has 0 aliphatic heterocycles. The molecule has 8 nitrogen and oxygen atoms in total. The van der Waals surface area contributed by atoms with Crippen LogP contribution in [-0.2, 0) is 18.4 Å². The van der Waals surface area contributed by atoms with Crippen LogP contribution >= 0.6 is 7.82 Å². The van der Waals surface area contributed by atoms with Crippen molar-refractivity contribution in [2.45, 2.75) is 238 Å². The van der Waals surface area contributed by atoms with Gasteiger partial charge in [-0.1, -0.05) is 221 Å². The number of nitrogens with zero attached hydrogens (tertiary/aromatic N) is 1. The lowest BCUT2D eigenvalue weighted by Crippen LogP contribution is -2.45. The number of unbranched alkanes of at least 4 members (excludes halogenated alkanes) is 24. The minimum atomic E-state index is -4.37. The molecule has 1 amide bonds. The second-order valence-corrected chi connectivity index (χ2v) is 21.0. The molecule has 9 heteroatoms. The molecule has 0 aliphatic rings. The van der Waals surface area contributed by atoms with Gasteiger partial charge in [-0.2, -0.15) is 0 Å². The summed E-state index contributed by atoms with van der Waals surface area (Å²) < 4.78 is 23.6. The zero-order chi connectivity index (χ0) is 49.2. The van der Waals surface area contributed by atoms with Gasteiger partial charge in [-0.25, -0.2) is 4.57 Å². The summed E-state index contributed by atoms with van der Waals surface area (Å²) in [4.78, 5) is 23.2. The summed E-state index contributed by atoms with van der Waals surface area (Å²) in [5.41, 5.74) is 0. The van der Waals surface area contributed by atoms with Gasteiger partial charge >= 0.3 is 7.82 Å². The Labute approximate surface area is 414 Å². The Morgan fingerprint density at radius 3 is 1.37 bits per heavy atom. The highest BCUT2D eigenvalue weighted by molar-refractivity contribution is 7.47. The van der Waals surface area contributed by atoms with Crippen molar-refractivity contribution in [1.29, 1.82) is 0 Å². The first-order chi connectivity index (χ1) is 32.5. The number of hydrogen-bond donors (Lipinski definition) is 3. The quantitative estimate of drug-likeness (QED) is 0.0243. The molecule has 3 unspecified atom stereocenters. The fraction of sp³-hybridized carbons (Fsp3) is 0.741. The van der Waals surface area contributed by atoms with Crippen molar-refractivity contribution in [3.63, 3.8) is 0 Å². The fourth-order valence-corrected chi connectivity index (χ4v) is 8.27. The summed E-state index contributed by atoms with van der Waals surface area (Å²) in [6.45, 7) is 4.65. The Morgan fingerprint density at radius 2 is 0.910 bits per heavy atom. The number of allylic oxidation sites excluding steroid dienone is 13. The molecule has 0 bridgehead atoms. The predicted octanol–water partition coefficient (Wildman–Crippen LogP) is 16.5. The molecule has 3 N–H and O–H groups in total. The van der Waals surface area contributed by atoms with Gasteiger partial charge < -0.3 is 19.8 Å². The van der Waals surface area contributed by atoms with E-state index in [9.17, 15) is 19.4 Å². The van der Waals surface area contributed by atoms with Crippen LogP contribution in [0, 0.1) is 0 Å². The number of phosphoric acid groups is 1. The van der Waals surface area contributed by atoms with Gasteiger partial charge in [0.1, 0.15) is 13.2 Å². The van der Waals surface area contributed by atoms with E-state index in [4.69, 9.17) is 9.05 Å². The summed E-state index contributed by atoms with van der Waals surface area (Å²) in [6.07, 6.45) is 68.4. The summed E-state index contributed by atoms with van der Waals surface area (Å²) in [5.74, 6) is -0.217. The van der Waals surface area contributed by atoms with Crippen molar-refractivity contribution in [1.82, 2.24) is 5.32 Å². The van der Waals surface area contributed by atoms with Gasteiger partial charge in [0.15, 0.2) is 0 Å². The molecule has 0 rings (SSSR count). The zero-order valence-corrected chi connectivity index (χ0v) is 45.0. The van der Waals surface area contributed by atoms with Gasteiger partial charge in [-0.05, 0) is 83.5 Å². The number of quaternary nitrogens is 1. The summed E-state index contributed by atoms with van der Waals surface area (Å²) in [7, 11) is 1.52. The average Bonchev–Trinajstić information content (AvgIpc) is 3.29. The van der Waals surface area contributed by atoms with Gasteiger partial charge in [-0.15, -0.1) is 0 Å². The maximum atomic E-state index is 12.9. The molecule has 67 heavy (non-hydrogen) atoms. The SMILES string of the molecule is CC/C=C\C/C=C\C/C=C\C/C=C\CCCCCCC(=O)NC(COP(=O)(O)OCC[N+](C)(C)C)C(O)/C=C/CC/C=C/CC/C=C/CCCCCCCCCCCCCCCCCCCC. The third kappa shape index (κ3) is 51.4. The van der Waals surface area contributed by atoms with Crippen molar-refractivity contribution in [2.75, 3.05) is 40.9 Å². The summed E-state index contributed by atoms with van der Waals surface area (Å²) in [6, 6.07) is -0.888. The van der Waals surface area contributed by atoms with Crippen molar-refractivity contribution in [3.8, 4) is 0 Å². The Kier molecular flexibility index (Phi) is 47.0. The van der Waals surface area contributed by atoms with Crippen LogP contribution in [0.25, 0.3) is 0 Å². The van der Waals surface area contributed by atoms with Crippen LogP contribution in [0.1, 0.15) is 226 Å². The highest BCUT2D eigenvalue weighted by atomic mass is 31.2. The molecule has 388 valence electrons. The second-order valence-electron chi connectivity index (χ2n) is 19.6. The number of likely N-dealkylation sites (N-methyl/N-ethyl adjacent to an activating group) is 1. The molecule has 0 spiro atoms. The molecule has 0 saturated carbocycles. The zero-order valence-electron chi connectivity index (χ0n) is 44.1. The van der Waals surface area contributed by atoms with Crippen LogP contribution in [0.4, 0.5) is 0 Å². The second kappa shape index (κ2) is 48.7. The lowest BCUT2D eigenvalue weighted by molar-refractivity contribution is -0.870. The number of phosphoric ester groups is 1. The number of carbonyl (C=O) groups excluding carboxylic acids is 1. The number of aliphatic hydroxyl groups is 1. The van der Waals surface area contributed by atoms with Crippen LogP contribution in [0.5, 0.6) is 0 Å². The van der Waals surface area contributed by atoms with E-state index in [1.807, 2.05) is 27.2 Å². The maximum Gasteiger partial charge on any atom is 0.472 e. The lowest BCUT2D eigenvalue weighted by Gasteiger charge is -2.25. The van der Waals surface area contributed by atoms with Crippen molar-refractivity contribution in [2.24, 2.45) is 0 Å². The molecule has 0 aromatic rings. The topological polar surface area (TPSA) is 105 Å². The molecule has 0 aromatic heterocycles. The highest BCUT2D eigenvalue weighted by Gasteiger charge is 2.27. The first-order valence-electron chi connectivity index (χ1n) is 27.5. The van der Waals surface area contributed by atoms with E-state index in [2.05, 4.69) is 92.1 Å². The monoisotopic (exact) mass is 958 g/mol. The number of amides is 1. The van der Waals surface area contributed by atoms with E-state index in [1.165, 1.54) is 122 Å². The van der Waals surface area contributed by atoms with E-state index >= 15 is 0 Å². The molecule has 0 radical (unpaired) electrons. The Hall–Kier alpha value is -2.32. The maximum absolute atomic E-state index is 12.9. The first-order valence-corrected chi connectivity index (χ1v) is 29.0. The van der Waals surface area contributed by atoms with Gasteiger partial charge in [0.05, 0.1) is 39.9 Å². The first kappa shape index (κ1) is 64.7. The molecular weight excluding hydrogens is 852 g/mol. The van der Waals surface area contributed by atoms with E-state index in [-0.39, 0.29) is 19.1 Å². The van der Waals surface area contributed by atoms with Crippen molar-refractivity contribution < 1.29 is 32.9 Å². The Bertz CT molecular complexity index is 1360.